The van der Waals surface area contributed by atoms with Gasteiger partial charge in [-0.05, 0) is 25.7 Å². The second-order valence-corrected chi connectivity index (χ2v) is 8.89. The Bertz CT molecular complexity index is 972. The smallest absolute Gasteiger partial charge is 0.225 e. The Kier molecular flexibility index (Phi) is 4.62. The first-order valence-electron chi connectivity index (χ1n) is 10.2. The number of likely N-dealkylation sites (tertiary alicyclic amines) is 1. The maximum Gasteiger partial charge on any atom is 0.225 e. The Morgan fingerprint density at radius 2 is 1.86 bits per heavy atom. The van der Waals surface area contributed by atoms with Crippen LogP contribution in [0.4, 0.5) is 0 Å². The van der Waals surface area contributed by atoms with Gasteiger partial charge in [-0.2, -0.15) is 0 Å². The molecule has 2 aromatic rings. The van der Waals surface area contributed by atoms with Crippen molar-refractivity contribution in [2.45, 2.75) is 31.7 Å². The summed E-state index contributed by atoms with van der Waals surface area (Å²) in [7, 11) is 0. The molecule has 0 bridgehead atoms. The molecule has 0 radical (unpaired) electrons. The van der Waals surface area contributed by atoms with Gasteiger partial charge < -0.3 is 14.9 Å². The summed E-state index contributed by atoms with van der Waals surface area (Å²) in [5.41, 5.74) is 2.45. The summed E-state index contributed by atoms with van der Waals surface area (Å²) in [6.07, 6.45) is 3.76. The third-order valence-electron chi connectivity index (χ3n) is 6.06. The van der Waals surface area contributed by atoms with Crippen LogP contribution in [0, 0.1) is 11.3 Å². The Hall–Kier alpha value is -2.67. The van der Waals surface area contributed by atoms with Crippen LogP contribution in [0.15, 0.2) is 41.5 Å². The third-order valence-corrected chi connectivity index (χ3v) is 6.92. The van der Waals surface area contributed by atoms with Crippen molar-refractivity contribution >= 4 is 28.7 Å². The molecule has 0 unspecified atom stereocenters. The minimum absolute atomic E-state index is 0.180. The Balaban J connectivity index is 1.28. The van der Waals surface area contributed by atoms with Crippen LogP contribution in [0.2, 0.25) is 0 Å². The van der Waals surface area contributed by atoms with Crippen LogP contribution in [-0.2, 0) is 4.79 Å². The van der Waals surface area contributed by atoms with Crippen molar-refractivity contribution in [2.24, 2.45) is 5.92 Å². The number of aliphatic hydroxyl groups is 1. The molecule has 1 amide bonds. The number of amides is 1. The van der Waals surface area contributed by atoms with E-state index in [9.17, 15) is 9.90 Å². The molecule has 2 N–H and O–H groups in total. The largest absolute Gasteiger partial charge is 0.510 e. The lowest BCUT2D eigenvalue weighted by Gasteiger charge is -2.37. The van der Waals surface area contributed by atoms with E-state index in [1.165, 1.54) is 11.3 Å². The van der Waals surface area contributed by atoms with E-state index in [0.29, 0.717) is 28.9 Å². The molecule has 1 saturated heterocycles. The number of hydrogen-bond donors (Lipinski definition) is 2. The maximum absolute atomic E-state index is 12.3. The zero-order valence-corrected chi connectivity index (χ0v) is 17.0. The first-order chi connectivity index (χ1) is 14.1. The number of amidine groups is 1. The normalized spacial score (nSPS) is 20.6. The van der Waals surface area contributed by atoms with Crippen LogP contribution in [0.5, 0.6) is 0 Å². The lowest BCUT2D eigenvalue weighted by atomic mass is 10.0. The topological polar surface area (TPSA) is 80.5 Å². The molecule has 5 rings (SSSR count). The van der Waals surface area contributed by atoms with Crippen molar-refractivity contribution in [1.29, 1.82) is 5.41 Å². The van der Waals surface area contributed by atoms with Gasteiger partial charge in [0.05, 0.1) is 17.8 Å². The average Bonchev–Trinajstić information content (AvgIpc) is 3.42. The predicted octanol–water partition coefficient (Wildman–Crippen LogP) is 3.77. The molecule has 2 aliphatic heterocycles. The van der Waals surface area contributed by atoms with Gasteiger partial charge in [-0.1, -0.05) is 30.3 Å². The molecule has 0 spiro atoms. The summed E-state index contributed by atoms with van der Waals surface area (Å²) in [5.74, 6) is 1.14. The van der Waals surface area contributed by atoms with E-state index in [1.807, 2.05) is 45.5 Å². The fourth-order valence-corrected chi connectivity index (χ4v) is 5.15. The first-order valence-corrected chi connectivity index (χ1v) is 11.1. The number of nitrogens with one attached hydrogen (secondary N) is 1. The number of rotatable bonds is 4. The number of carbonyl (C=O) groups excluding carboxylic acids is 1. The molecule has 1 aliphatic carbocycles. The van der Waals surface area contributed by atoms with E-state index in [0.717, 1.165) is 50.0 Å². The number of aromatic nitrogens is 1. The zero-order chi connectivity index (χ0) is 20.0. The lowest BCUT2D eigenvalue weighted by molar-refractivity contribution is -0.133. The monoisotopic (exact) mass is 408 g/mol. The number of carbonyl (C=O) groups is 1. The zero-order valence-electron chi connectivity index (χ0n) is 16.2. The summed E-state index contributed by atoms with van der Waals surface area (Å²) in [6.45, 7) is 1.85. The van der Waals surface area contributed by atoms with Crippen molar-refractivity contribution in [1.82, 2.24) is 14.8 Å². The average molecular weight is 409 g/mol. The molecule has 1 aromatic heterocycles. The Morgan fingerprint density at radius 3 is 2.55 bits per heavy atom. The molecule has 29 heavy (non-hydrogen) atoms. The number of aliphatic hydroxyl groups excluding tert-OH is 1. The number of thiazole rings is 1. The summed E-state index contributed by atoms with van der Waals surface area (Å²) in [5, 5.41) is 22.0. The standard InChI is InChI=1S/C22H24N4O2S/c23-20-19(21-24-17(13-29-21)14-4-2-1-3-5-14)18(27)12-26(20)16-8-10-25(11-9-16)22(28)15-6-7-15/h1-5,13,15-16,23,27H,6-12H2. The molecule has 2 fully saturated rings. The first kappa shape index (κ1) is 18.4. The molecule has 3 aliphatic rings. The Morgan fingerprint density at radius 1 is 1.14 bits per heavy atom. The Labute approximate surface area is 174 Å². The van der Waals surface area contributed by atoms with E-state index in [1.54, 1.807) is 0 Å². The van der Waals surface area contributed by atoms with E-state index in [-0.39, 0.29) is 17.7 Å². The highest BCUT2D eigenvalue weighted by molar-refractivity contribution is 7.11. The second kappa shape index (κ2) is 7.30. The van der Waals surface area contributed by atoms with E-state index >= 15 is 0 Å². The number of hydrogen-bond acceptors (Lipinski definition) is 5. The summed E-state index contributed by atoms with van der Waals surface area (Å²) in [4.78, 5) is 20.9. The molecule has 6 nitrogen and oxygen atoms in total. The summed E-state index contributed by atoms with van der Waals surface area (Å²) < 4.78 is 0. The third kappa shape index (κ3) is 3.44. The molecular formula is C22H24N4O2S. The van der Waals surface area contributed by atoms with Crippen LogP contribution in [0.25, 0.3) is 16.8 Å². The molecule has 7 heteroatoms. The van der Waals surface area contributed by atoms with Crippen molar-refractivity contribution in [3.63, 3.8) is 0 Å². The van der Waals surface area contributed by atoms with Crippen LogP contribution in [0.3, 0.4) is 0 Å². The number of benzene rings is 1. The fraction of sp³-hybridized carbons (Fsp3) is 0.409. The van der Waals surface area contributed by atoms with Gasteiger partial charge in [0.2, 0.25) is 5.91 Å². The molecule has 150 valence electrons. The molecular weight excluding hydrogens is 384 g/mol. The number of piperidine rings is 1. The maximum atomic E-state index is 12.3. The van der Waals surface area contributed by atoms with Gasteiger partial charge in [0.1, 0.15) is 16.6 Å². The quantitative estimate of drug-likeness (QED) is 0.807. The fourth-order valence-electron chi connectivity index (χ4n) is 4.25. The van der Waals surface area contributed by atoms with Crippen LogP contribution in [-0.4, -0.2) is 57.3 Å². The molecule has 0 atom stereocenters. The minimum Gasteiger partial charge on any atom is -0.510 e. The SMILES string of the molecule is N=C1C(c2nc(-c3ccccc3)cs2)=C(O)CN1C1CCN(C(=O)C2CC2)CC1. The van der Waals surface area contributed by atoms with Crippen LogP contribution < -0.4 is 0 Å². The van der Waals surface area contributed by atoms with Crippen molar-refractivity contribution < 1.29 is 9.90 Å². The van der Waals surface area contributed by atoms with E-state index in [2.05, 4.69) is 4.98 Å². The highest BCUT2D eigenvalue weighted by atomic mass is 32.1. The second-order valence-electron chi connectivity index (χ2n) is 8.03. The molecule has 1 saturated carbocycles. The van der Waals surface area contributed by atoms with Gasteiger partial charge in [0.15, 0.2) is 0 Å². The predicted molar refractivity (Wildman–Crippen MR) is 114 cm³/mol. The highest BCUT2D eigenvalue weighted by Crippen LogP contribution is 2.36. The lowest BCUT2D eigenvalue weighted by Crippen LogP contribution is -2.48. The van der Waals surface area contributed by atoms with Gasteiger partial charge in [-0.25, -0.2) is 4.98 Å². The van der Waals surface area contributed by atoms with Crippen molar-refractivity contribution in [3.05, 3.63) is 46.5 Å². The van der Waals surface area contributed by atoms with E-state index in [4.69, 9.17) is 5.41 Å². The van der Waals surface area contributed by atoms with Crippen LogP contribution in [0.1, 0.15) is 30.7 Å². The van der Waals surface area contributed by atoms with Gasteiger partial charge in [-0.15, -0.1) is 11.3 Å². The number of nitrogens with zero attached hydrogens (tertiary/aromatic N) is 3. The summed E-state index contributed by atoms with van der Waals surface area (Å²) in [6, 6.07) is 10.1. The van der Waals surface area contributed by atoms with Crippen LogP contribution >= 0.6 is 11.3 Å². The van der Waals surface area contributed by atoms with Gasteiger partial charge in [-0.3, -0.25) is 10.2 Å². The van der Waals surface area contributed by atoms with E-state index < -0.39 is 0 Å². The van der Waals surface area contributed by atoms with Crippen molar-refractivity contribution in [3.8, 4) is 11.3 Å². The van der Waals surface area contributed by atoms with Gasteiger partial charge >= 0.3 is 0 Å². The minimum atomic E-state index is 0.180. The molecule has 3 heterocycles. The van der Waals surface area contributed by atoms with Gasteiger partial charge in [0.25, 0.3) is 0 Å². The molecule has 1 aromatic carbocycles. The highest BCUT2D eigenvalue weighted by Gasteiger charge is 2.39. The van der Waals surface area contributed by atoms with Crippen molar-refractivity contribution in [2.75, 3.05) is 19.6 Å². The van der Waals surface area contributed by atoms with Gasteiger partial charge in [0, 0.05) is 36.0 Å². The summed E-state index contributed by atoms with van der Waals surface area (Å²) >= 11 is 1.46.